The molecule has 3 aromatic rings. The number of hydrogen-bond donors (Lipinski definition) is 2. The maximum absolute atomic E-state index is 13.3. The minimum atomic E-state index is -3.88. The van der Waals surface area contributed by atoms with Crippen molar-refractivity contribution in [1.29, 1.82) is 0 Å². The molecule has 3 N–H and O–H groups in total. The molecular weight excluding hydrogens is 434 g/mol. The number of carbonyl (C=O) groups excluding carboxylic acids is 2. The first kappa shape index (κ1) is 21.0. The zero-order valence-electron chi connectivity index (χ0n) is 16.7. The van der Waals surface area contributed by atoms with Gasteiger partial charge in [-0.2, -0.15) is 0 Å². The third kappa shape index (κ3) is 3.90. The van der Waals surface area contributed by atoms with Crippen molar-refractivity contribution in [3.8, 4) is 0 Å². The molecule has 2 aromatic carbocycles. The van der Waals surface area contributed by atoms with E-state index in [1.807, 2.05) is 43.5 Å². The summed E-state index contributed by atoms with van der Waals surface area (Å²) >= 11 is 1.36. The van der Waals surface area contributed by atoms with Gasteiger partial charge in [0.2, 0.25) is 10.0 Å². The third-order valence-electron chi connectivity index (χ3n) is 5.05. The molecule has 0 aliphatic carbocycles. The predicted molar refractivity (Wildman–Crippen MR) is 121 cm³/mol. The molecule has 1 aromatic heterocycles. The number of carbonyl (C=O) groups is 2. The number of imide groups is 1. The van der Waals surface area contributed by atoms with Crippen LogP contribution >= 0.6 is 11.3 Å². The summed E-state index contributed by atoms with van der Waals surface area (Å²) in [5.74, 6) is -1.00. The maximum Gasteiger partial charge on any atom is 0.282 e. The topological polar surface area (TPSA) is 110 Å². The van der Waals surface area contributed by atoms with Crippen LogP contribution in [0.2, 0.25) is 0 Å². The molecule has 0 radical (unpaired) electrons. The Bertz CT molecular complexity index is 1330. The number of rotatable bonds is 5. The second kappa shape index (κ2) is 7.77. The van der Waals surface area contributed by atoms with Gasteiger partial charge in [0.05, 0.1) is 16.2 Å². The lowest BCUT2D eigenvalue weighted by molar-refractivity contribution is -0.120. The smallest absolute Gasteiger partial charge is 0.282 e. The van der Waals surface area contributed by atoms with Crippen molar-refractivity contribution in [3.63, 3.8) is 0 Å². The van der Waals surface area contributed by atoms with Crippen LogP contribution < -0.4 is 15.4 Å². The summed E-state index contributed by atoms with van der Waals surface area (Å²) in [6.45, 7) is 3.96. The fourth-order valence-corrected chi connectivity index (χ4v) is 4.56. The van der Waals surface area contributed by atoms with Crippen molar-refractivity contribution in [3.05, 3.63) is 81.7 Å². The number of primary sulfonamides is 1. The highest BCUT2D eigenvalue weighted by Gasteiger charge is 2.40. The Morgan fingerprint density at radius 1 is 0.935 bits per heavy atom. The fraction of sp³-hybridized carbons (Fsp3) is 0.0909. The van der Waals surface area contributed by atoms with Crippen LogP contribution in [0.4, 0.5) is 11.4 Å². The summed E-state index contributed by atoms with van der Waals surface area (Å²) in [7, 11) is -3.88. The summed E-state index contributed by atoms with van der Waals surface area (Å²) in [6.07, 6.45) is 0. The van der Waals surface area contributed by atoms with Gasteiger partial charge in [0.1, 0.15) is 5.70 Å². The zero-order valence-corrected chi connectivity index (χ0v) is 18.4. The molecule has 9 heteroatoms. The number of nitrogens with one attached hydrogen (secondary N) is 1. The number of sulfonamides is 1. The second-order valence-corrected chi connectivity index (χ2v) is 9.65. The fourth-order valence-electron chi connectivity index (χ4n) is 3.28. The molecule has 0 bridgehead atoms. The predicted octanol–water partition coefficient (Wildman–Crippen LogP) is 3.41. The first-order chi connectivity index (χ1) is 14.7. The van der Waals surface area contributed by atoms with Crippen LogP contribution in [0.1, 0.15) is 16.0 Å². The van der Waals surface area contributed by atoms with E-state index in [4.69, 9.17) is 5.14 Å². The number of anilines is 2. The highest BCUT2D eigenvalue weighted by Crippen LogP contribution is 2.35. The average Bonchev–Trinajstić information content (AvgIpc) is 3.31. The van der Waals surface area contributed by atoms with Gasteiger partial charge >= 0.3 is 0 Å². The molecule has 1 aliphatic heterocycles. The van der Waals surface area contributed by atoms with E-state index in [2.05, 4.69) is 5.32 Å². The number of nitrogens with two attached hydrogens (primary N) is 1. The lowest BCUT2D eigenvalue weighted by Crippen LogP contribution is -2.32. The highest BCUT2D eigenvalue weighted by atomic mass is 32.2. The van der Waals surface area contributed by atoms with E-state index in [0.717, 1.165) is 16.0 Å². The summed E-state index contributed by atoms with van der Waals surface area (Å²) < 4.78 is 23.0. The van der Waals surface area contributed by atoms with E-state index in [0.29, 0.717) is 10.6 Å². The van der Waals surface area contributed by atoms with Crippen molar-refractivity contribution >= 4 is 50.1 Å². The van der Waals surface area contributed by atoms with E-state index in [-0.39, 0.29) is 21.9 Å². The number of aryl methyl sites for hydroxylation is 2. The minimum Gasteiger partial charge on any atom is -0.350 e. The van der Waals surface area contributed by atoms with Crippen LogP contribution in [0.3, 0.4) is 0 Å². The minimum absolute atomic E-state index is 0.102. The summed E-state index contributed by atoms with van der Waals surface area (Å²) in [4.78, 5) is 28.2. The van der Waals surface area contributed by atoms with Gasteiger partial charge in [-0.05, 0) is 72.8 Å². The molecule has 2 amide bonds. The molecule has 31 heavy (non-hydrogen) atoms. The maximum atomic E-state index is 13.3. The van der Waals surface area contributed by atoms with Crippen LogP contribution in [-0.4, -0.2) is 20.2 Å². The van der Waals surface area contributed by atoms with Crippen LogP contribution in [0, 0.1) is 13.8 Å². The average molecular weight is 454 g/mol. The highest BCUT2D eigenvalue weighted by molar-refractivity contribution is 7.89. The van der Waals surface area contributed by atoms with Gasteiger partial charge in [-0.3, -0.25) is 9.59 Å². The van der Waals surface area contributed by atoms with Crippen molar-refractivity contribution < 1.29 is 18.0 Å². The Morgan fingerprint density at radius 2 is 1.65 bits per heavy atom. The zero-order chi connectivity index (χ0) is 22.3. The lowest BCUT2D eigenvalue weighted by atomic mass is 10.1. The summed E-state index contributed by atoms with van der Waals surface area (Å²) in [5, 5.41) is 10.1. The molecule has 0 spiro atoms. The van der Waals surface area contributed by atoms with Crippen LogP contribution in [0.25, 0.3) is 5.57 Å². The molecule has 0 saturated heterocycles. The van der Waals surface area contributed by atoms with Gasteiger partial charge in [0.25, 0.3) is 11.8 Å². The van der Waals surface area contributed by atoms with E-state index in [1.54, 1.807) is 6.07 Å². The van der Waals surface area contributed by atoms with Gasteiger partial charge < -0.3 is 5.32 Å². The van der Waals surface area contributed by atoms with Crippen LogP contribution in [-0.2, 0) is 19.6 Å². The lowest BCUT2D eigenvalue weighted by Gasteiger charge is -2.16. The van der Waals surface area contributed by atoms with E-state index in [1.165, 1.54) is 35.6 Å². The van der Waals surface area contributed by atoms with Crippen molar-refractivity contribution in [2.75, 3.05) is 10.2 Å². The molecule has 4 rings (SSSR count). The molecule has 0 fully saturated rings. The molecule has 0 atom stereocenters. The van der Waals surface area contributed by atoms with Gasteiger partial charge in [0.15, 0.2) is 0 Å². The number of nitrogens with zero attached hydrogens (tertiary/aromatic N) is 1. The number of thiophene rings is 1. The quantitative estimate of drug-likeness (QED) is 0.576. The number of hydrogen-bond acceptors (Lipinski definition) is 6. The van der Waals surface area contributed by atoms with E-state index in [9.17, 15) is 18.0 Å². The standard InChI is InChI=1S/C22H19N3O4S2/c1-13-5-6-15(12-14(13)2)24-20-19(18-4-3-11-30-18)21(26)25(22(20)27)16-7-9-17(10-8-16)31(23,28)29/h3-12,24H,1-2H3,(H2,23,28,29). The van der Waals surface area contributed by atoms with Crippen molar-refractivity contribution in [2.24, 2.45) is 5.14 Å². The van der Waals surface area contributed by atoms with Crippen LogP contribution in [0.15, 0.2) is 70.6 Å². The molecule has 2 heterocycles. The monoisotopic (exact) mass is 453 g/mol. The Balaban J connectivity index is 1.76. The van der Waals surface area contributed by atoms with Crippen molar-refractivity contribution in [2.45, 2.75) is 18.7 Å². The SMILES string of the molecule is Cc1ccc(NC2=C(c3cccs3)C(=O)N(c3ccc(S(N)(=O)=O)cc3)C2=O)cc1C. The van der Waals surface area contributed by atoms with Gasteiger partial charge in [-0.1, -0.05) is 12.1 Å². The Kier molecular flexibility index (Phi) is 5.26. The van der Waals surface area contributed by atoms with Gasteiger partial charge in [-0.15, -0.1) is 11.3 Å². The first-order valence-electron chi connectivity index (χ1n) is 9.31. The van der Waals surface area contributed by atoms with Gasteiger partial charge in [-0.25, -0.2) is 18.5 Å². The molecule has 7 nitrogen and oxygen atoms in total. The molecule has 0 unspecified atom stereocenters. The molecule has 158 valence electrons. The molecule has 1 aliphatic rings. The summed E-state index contributed by atoms with van der Waals surface area (Å²) in [6, 6.07) is 14.6. The second-order valence-electron chi connectivity index (χ2n) is 7.14. The number of benzene rings is 2. The number of amides is 2. The first-order valence-corrected chi connectivity index (χ1v) is 11.7. The molecule has 0 saturated carbocycles. The summed E-state index contributed by atoms with van der Waals surface area (Å²) in [5.41, 5.74) is 3.56. The molecular formula is C22H19N3O4S2. The largest absolute Gasteiger partial charge is 0.350 e. The Morgan fingerprint density at radius 3 is 2.23 bits per heavy atom. The normalized spacial score (nSPS) is 14.5. The Hall–Kier alpha value is -3.27. The van der Waals surface area contributed by atoms with Gasteiger partial charge in [0, 0.05) is 10.6 Å². The van der Waals surface area contributed by atoms with Crippen molar-refractivity contribution in [1.82, 2.24) is 0 Å². The Labute approximate surface area is 183 Å². The third-order valence-corrected chi connectivity index (χ3v) is 6.87. The van der Waals surface area contributed by atoms with E-state index >= 15 is 0 Å². The van der Waals surface area contributed by atoms with E-state index < -0.39 is 21.8 Å². The van der Waals surface area contributed by atoms with Crippen LogP contribution in [0.5, 0.6) is 0 Å².